The number of amides is 2. The molecule has 2 atom stereocenters. The van der Waals surface area contributed by atoms with E-state index in [1.54, 1.807) is 0 Å². The Morgan fingerprint density at radius 1 is 1.00 bits per heavy atom. The molecule has 1 aliphatic rings. The number of aryl methyl sites for hydroxylation is 1. The quantitative estimate of drug-likeness (QED) is 0.429. The summed E-state index contributed by atoms with van der Waals surface area (Å²) in [5.74, 6) is 0. The molecule has 1 saturated heterocycles. The molecule has 172 valence electrons. The topological polar surface area (TPSA) is 44.4 Å². The number of nitrogens with one attached hydrogen (secondary N) is 2. The van der Waals surface area contributed by atoms with E-state index in [2.05, 4.69) is 66.1 Å². The number of urea groups is 1. The van der Waals surface area contributed by atoms with Crippen LogP contribution in [0.1, 0.15) is 50.3 Å². The van der Waals surface area contributed by atoms with Crippen molar-refractivity contribution >= 4 is 11.7 Å². The third kappa shape index (κ3) is 6.02. The molecule has 1 heterocycles. The van der Waals surface area contributed by atoms with Gasteiger partial charge in [0.25, 0.3) is 0 Å². The molecule has 4 nitrogen and oxygen atoms in total. The number of hydrogen-bond donors (Lipinski definition) is 2. The van der Waals surface area contributed by atoms with Gasteiger partial charge in [0.2, 0.25) is 0 Å². The van der Waals surface area contributed by atoms with Crippen molar-refractivity contribution in [3.63, 3.8) is 0 Å². The van der Waals surface area contributed by atoms with Gasteiger partial charge in [-0.3, -0.25) is 4.90 Å². The molecule has 2 N–H and O–H groups in total. The van der Waals surface area contributed by atoms with E-state index in [0.29, 0.717) is 12.6 Å². The first-order chi connectivity index (χ1) is 16.1. The van der Waals surface area contributed by atoms with Crippen LogP contribution in [0.25, 0.3) is 11.1 Å². The third-order valence-electron chi connectivity index (χ3n) is 6.45. The Hall–Kier alpha value is -3.11. The van der Waals surface area contributed by atoms with Gasteiger partial charge < -0.3 is 10.6 Å². The van der Waals surface area contributed by atoms with E-state index in [4.69, 9.17) is 0 Å². The lowest BCUT2D eigenvalue weighted by Gasteiger charge is -2.28. The third-order valence-corrected chi connectivity index (χ3v) is 6.45. The molecule has 0 aliphatic carbocycles. The maximum absolute atomic E-state index is 13.4. The summed E-state index contributed by atoms with van der Waals surface area (Å²) in [7, 11) is 0. The Morgan fingerprint density at radius 3 is 2.27 bits per heavy atom. The predicted molar refractivity (Wildman–Crippen MR) is 138 cm³/mol. The molecule has 1 unspecified atom stereocenters. The van der Waals surface area contributed by atoms with E-state index in [1.807, 2.05) is 42.2 Å². The lowest BCUT2D eigenvalue weighted by Crippen LogP contribution is -2.46. The number of anilines is 1. The molecule has 1 aliphatic heterocycles. The number of nitrogens with zero attached hydrogens (tertiary/aromatic N) is 1. The lowest BCUT2D eigenvalue weighted by molar-refractivity contribution is 0.242. The normalized spacial score (nSPS) is 16.4. The van der Waals surface area contributed by atoms with E-state index in [-0.39, 0.29) is 12.1 Å². The molecule has 0 aromatic heterocycles. The monoisotopic (exact) mass is 441 g/mol. The van der Waals surface area contributed by atoms with Gasteiger partial charge in [-0.15, -0.1) is 0 Å². The minimum atomic E-state index is -0.0586. The van der Waals surface area contributed by atoms with Crippen molar-refractivity contribution in [3.05, 3.63) is 90.0 Å². The van der Waals surface area contributed by atoms with Crippen molar-refractivity contribution < 1.29 is 4.79 Å². The Bertz CT molecular complexity index is 1010. The highest BCUT2D eigenvalue weighted by Gasteiger charge is 2.24. The fourth-order valence-electron chi connectivity index (χ4n) is 4.51. The summed E-state index contributed by atoms with van der Waals surface area (Å²) in [4.78, 5) is 15.2. The molecule has 1 fully saturated rings. The molecule has 3 aromatic carbocycles. The van der Waals surface area contributed by atoms with Crippen LogP contribution in [0.2, 0.25) is 0 Å². The van der Waals surface area contributed by atoms with Crippen LogP contribution < -0.4 is 15.5 Å². The Morgan fingerprint density at radius 2 is 1.67 bits per heavy atom. The van der Waals surface area contributed by atoms with Gasteiger partial charge in [-0.2, -0.15) is 0 Å². The summed E-state index contributed by atoms with van der Waals surface area (Å²) in [6.07, 6.45) is 4.53. The van der Waals surface area contributed by atoms with Crippen LogP contribution in [0.4, 0.5) is 10.5 Å². The fourth-order valence-corrected chi connectivity index (χ4v) is 4.51. The number of benzene rings is 3. The zero-order valence-corrected chi connectivity index (χ0v) is 19.8. The SMILES string of the molecule is CCCc1ccc(-c2ccc(N(C[C@@H]3CCCN3)C(=O)NC(C)c3ccccc3)cc2)cc1. The largest absolute Gasteiger partial charge is 0.331 e. The number of hydrogen-bond acceptors (Lipinski definition) is 2. The predicted octanol–water partition coefficient (Wildman–Crippen LogP) is 6.34. The van der Waals surface area contributed by atoms with E-state index < -0.39 is 0 Å². The maximum atomic E-state index is 13.4. The van der Waals surface area contributed by atoms with Crippen LogP contribution in [0, 0.1) is 0 Å². The first-order valence-corrected chi connectivity index (χ1v) is 12.2. The second-order valence-electron chi connectivity index (χ2n) is 8.98. The van der Waals surface area contributed by atoms with E-state index in [9.17, 15) is 4.79 Å². The summed E-state index contributed by atoms with van der Waals surface area (Å²) < 4.78 is 0. The maximum Gasteiger partial charge on any atom is 0.322 e. The highest BCUT2D eigenvalue weighted by Crippen LogP contribution is 2.25. The minimum absolute atomic E-state index is 0.0568. The van der Waals surface area contributed by atoms with Crippen molar-refractivity contribution in [2.75, 3.05) is 18.0 Å². The average molecular weight is 442 g/mol. The van der Waals surface area contributed by atoms with Crippen molar-refractivity contribution in [1.29, 1.82) is 0 Å². The highest BCUT2D eigenvalue weighted by molar-refractivity contribution is 5.92. The molecule has 2 amide bonds. The van der Waals surface area contributed by atoms with Gasteiger partial charge in [0.15, 0.2) is 0 Å². The molecule has 4 rings (SSSR count). The summed E-state index contributed by atoms with van der Waals surface area (Å²) >= 11 is 0. The molecule has 0 spiro atoms. The summed E-state index contributed by atoms with van der Waals surface area (Å²) in [5, 5.41) is 6.72. The fraction of sp³-hybridized carbons (Fsp3) is 0.345. The average Bonchev–Trinajstić information content (AvgIpc) is 3.37. The standard InChI is InChI=1S/C29H35N3O/c1-3-8-23-12-14-25(15-13-23)26-16-18-28(19-17-26)32(21-27-11-7-20-30-27)29(33)31-22(2)24-9-5-4-6-10-24/h4-6,9-10,12-19,22,27,30H,3,7-8,11,20-21H2,1-2H3,(H,31,33)/t22?,27-/m0/s1. The van der Waals surface area contributed by atoms with E-state index >= 15 is 0 Å². The Kier molecular flexibility index (Phi) is 7.79. The van der Waals surface area contributed by atoms with Crippen molar-refractivity contribution in [2.45, 2.75) is 51.6 Å². The zero-order chi connectivity index (χ0) is 23.0. The number of carbonyl (C=O) groups is 1. The number of rotatable bonds is 8. The van der Waals surface area contributed by atoms with Crippen LogP contribution in [0.15, 0.2) is 78.9 Å². The van der Waals surface area contributed by atoms with Crippen LogP contribution in [0.3, 0.4) is 0 Å². The molecule has 0 radical (unpaired) electrons. The molecule has 4 heteroatoms. The number of carbonyl (C=O) groups excluding carboxylic acids is 1. The lowest BCUT2D eigenvalue weighted by atomic mass is 10.0. The van der Waals surface area contributed by atoms with Crippen molar-refractivity contribution in [1.82, 2.24) is 10.6 Å². The molecule has 3 aromatic rings. The van der Waals surface area contributed by atoms with E-state index in [0.717, 1.165) is 43.5 Å². The van der Waals surface area contributed by atoms with Crippen LogP contribution in [-0.2, 0) is 6.42 Å². The summed E-state index contributed by atoms with van der Waals surface area (Å²) in [6.45, 7) is 5.92. The summed E-state index contributed by atoms with van der Waals surface area (Å²) in [5.41, 5.74) is 5.77. The van der Waals surface area contributed by atoms with Crippen LogP contribution in [-0.4, -0.2) is 25.2 Å². The molecule has 33 heavy (non-hydrogen) atoms. The van der Waals surface area contributed by atoms with Gasteiger partial charge in [-0.25, -0.2) is 4.79 Å². The highest BCUT2D eigenvalue weighted by atomic mass is 16.2. The van der Waals surface area contributed by atoms with Gasteiger partial charge in [0, 0.05) is 18.3 Å². The zero-order valence-electron chi connectivity index (χ0n) is 19.8. The van der Waals surface area contributed by atoms with E-state index in [1.165, 1.54) is 16.7 Å². The first kappa shape index (κ1) is 23.1. The first-order valence-electron chi connectivity index (χ1n) is 12.2. The molecule has 0 saturated carbocycles. The Balaban J connectivity index is 1.51. The molecular weight excluding hydrogens is 406 g/mol. The Labute approximate surface area is 198 Å². The minimum Gasteiger partial charge on any atom is -0.331 e. The van der Waals surface area contributed by atoms with Crippen molar-refractivity contribution in [2.24, 2.45) is 0 Å². The smallest absolute Gasteiger partial charge is 0.322 e. The second kappa shape index (κ2) is 11.2. The second-order valence-corrected chi connectivity index (χ2v) is 8.98. The van der Waals surface area contributed by atoms with Crippen LogP contribution >= 0.6 is 0 Å². The van der Waals surface area contributed by atoms with Gasteiger partial charge in [-0.05, 0) is 67.1 Å². The van der Waals surface area contributed by atoms with Gasteiger partial charge in [0.05, 0.1) is 6.04 Å². The van der Waals surface area contributed by atoms with Gasteiger partial charge in [0.1, 0.15) is 0 Å². The van der Waals surface area contributed by atoms with Gasteiger partial charge in [-0.1, -0.05) is 80.1 Å². The van der Waals surface area contributed by atoms with Gasteiger partial charge >= 0.3 is 6.03 Å². The summed E-state index contributed by atoms with van der Waals surface area (Å²) in [6, 6.07) is 27.5. The van der Waals surface area contributed by atoms with Crippen LogP contribution in [0.5, 0.6) is 0 Å². The van der Waals surface area contributed by atoms with Crippen molar-refractivity contribution in [3.8, 4) is 11.1 Å². The molecular formula is C29H35N3O. The molecule has 0 bridgehead atoms.